The first kappa shape index (κ1) is 19.8. The third-order valence-electron chi connectivity index (χ3n) is 5.34. The van der Waals surface area contributed by atoms with Crippen molar-refractivity contribution in [3.05, 3.63) is 35.1 Å². The smallest absolute Gasteiger partial charge is 0.225 e. The number of nitrogens with one attached hydrogen (secondary N) is 1. The van der Waals surface area contributed by atoms with E-state index in [1.54, 1.807) is 6.26 Å². The number of carbonyl (C=O) groups excluding carboxylic acids is 1. The van der Waals surface area contributed by atoms with Crippen LogP contribution in [0.15, 0.2) is 22.8 Å². The normalized spacial score (nSPS) is 16.6. The Morgan fingerprint density at radius 2 is 2.08 bits per heavy atom. The van der Waals surface area contributed by atoms with E-state index in [2.05, 4.69) is 45.1 Å². The topological polar surface area (TPSA) is 68.3 Å². The Bertz CT molecular complexity index is 764. The molecule has 1 heterocycles. The summed E-state index contributed by atoms with van der Waals surface area (Å²) in [4.78, 5) is 12.5. The molecule has 1 amide bonds. The first-order valence-corrected chi connectivity index (χ1v) is 8.85. The zero-order chi connectivity index (χ0) is 17.5. The lowest BCUT2D eigenvalue weighted by Gasteiger charge is -2.29. The average molecular weight is 365 g/mol. The molecule has 0 bridgehead atoms. The molecule has 2 aromatic rings. The largest absolute Gasteiger partial charge is 0.464 e. The van der Waals surface area contributed by atoms with Gasteiger partial charge in [0.1, 0.15) is 5.58 Å². The van der Waals surface area contributed by atoms with Crippen LogP contribution >= 0.6 is 12.4 Å². The highest BCUT2D eigenvalue weighted by Crippen LogP contribution is 2.39. The van der Waals surface area contributed by atoms with Crippen molar-refractivity contribution in [3.8, 4) is 0 Å². The van der Waals surface area contributed by atoms with E-state index in [-0.39, 0.29) is 23.9 Å². The molecule has 1 saturated carbocycles. The van der Waals surface area contributed by atoms with Crippen molar-refractivity contribution in [2.75, 3.05) is 6.54 Å². The Balaban J connectivity index is 0.00000225. The van der Waals surface area contributed by atoms with Gasteiger partial charge in [-0.25, -0.2) is 0 Å². The maximum Gasteiger partial charge on any atom is 0.225 e. The Labute approximate surface area is 155 Å². The van der Waals surface area contributed by atoms with E-state index in [0.29, 0.717) is 24.8 Å². The maximum absolute atomic E-state index is 12.5. The number of hydrogen-bond donors (Lipinski definition) is 2. The molecule has 1 aliphatic rings. The van der Waals surface area contributed by atoms with Crippen LogP contribution in [0.3, 0.4) is 0 Å². The van der Waals surface area contributed by atoms with Gasteiger partial charge >= 0.3 is 0 Å². The van der Waals surface area contributed by atoms with E-state index in [1.807, 2.05) is 0 Å². The number of benzene rings is 1. The number of aryl methyl sites for hydroxylation is 1. The van der Waals surface area contributed by atoms with Gasteiger partial charge in [0, 0.05) is 17.5 Å². The van der Waals surface area contributed by atoms with Crippen molar-refractivity contribution in [1.82, 2.24) is 5.32 Å². The minimum absolute atomic E-state index is 0. The summed E-state index contributed by atoms with van der Waals surface area (Å²) in [5.74, 6) is 0.980. The average Bonchev–Trinajstić information content (AvgIpc) is 3.31. The number of halogens is 1. The van der Waals surface area contributed by atoms with Crippen LogP contribution in [-0.4, -0.2) is 18.0 Å². The molecule has 4 nitrogen and oxygen atoms in total. The molecule has 0 radical (unpaired) electrons. The highest BCUT2D eigenvalue weighted by atomic mass is 35.5. The van der Waals surface area contributed by atoms with Crippen LogP contribution in [0.5, 0.6) is 0 Å². The maximum atomic E-state index is 12.5. The molecule has 138 valence electrons. The van der Waals surface area contributed by atoms with E-state index < -0.39 is 0 Å². The Morgan fingerprint density at radius 1 is 1.40 bits per heavy atom. The molecule has 1 atom stereocenters. The molecule has 0 spiro atoms. The van der Waals surface area contributed by atoms with Gasteiger partial charge in [0.2, 0.25) is 5.91 Å². The van der Waals surface area contributed by atoms with E-state index in [0.717, 1.165) is 29.4 Å². The van der Waals surface area contributed by atoms with Crippen LogP contribution < -0.4 is 11.1 Å². The Kier molecular flexibility index (Phi) is 5.85. The fourth-order valence-corrected chi connectivity index (χ4v) is 3.58. The second-order valence-corrected chi connectivity index (χ2v) is 7.74. The first-order valence-electron chi connectivity index (χ1n) is 8.85. The number of nitrogens with two attached hydrogens (primary N) is 1. The molecule has 0 aliphatic heterocycles. The van der Waals surface area contributed by atoms with Gasteiger partial charge in [0.15, 0.2) is 0 Å². The second-order valence-electron chi connectivity index (χ2n) is 7.74. The number of carbonyl (C=O) groups is 1. The van der Waals surface area contributed by atoms with Crippen LogP contribution in [-0.2, 0) is 11.2 Å². The van der Waals surface area contributed by atoms with Crippen molar-refractivity contribution in [1.29, 1.82) is 0 Å². The molecule has 1 aliphatic carbocycles. The van der Waals surface area contributed by atoms with Crippen LogP contribution in [0.25, 0.3) is 11.0 Å². The summed E-state index contributed by atoms with van der Waals surface area (Å²) in [7, 11) is 0. The molecule has 3 rings (SSSR count). The van der Waals surface area contributed by atoms with Gasteiger partial charge in [-0.3, -0.25) is 4.79 Å². The van der Waals surface area contributed by atoms with Gasteiger partial charge < -0.3 is 15.5 Å². The van der Waals surface area contributed by atoms with Gasteiger partial charge in [-0.05, 0) is 61.8 Å². The number of amides is 1. The summed E-state index contributed by atoms with van der Waals surface area (Å²) < 4.78 is 5.68. The lowest BCUT2D eigenvalue weighted by molar-refractivity contribution is -0.122. The Hall–Kier alpha value is -1.52. The molecule has 1 fully saturated rings. The number of fused-ring (bicyclic) bond motifs is 1. The van der Waals surface area contributed by atoms with Crippen molar-refractivity contribution in [3.63, 3.8) is 0 Å². The van der Waals surface area contributed by atoms with Crippen molar-refractivity contribution >= 4 is 29.3 Å². The molecular weight excluding hydrogens is 336 g/mol. The van der Waals surface area contributed by atoms with E-state index in [9.17, 15) is 4.79 Å². The lowest BCUT2D eigenvalue weighted by atomic mass is 9.94. The zero-order valence-corrected chi connectivity index (χ0v) is 16.3. The van der Waals surface area contributed by atoms with E-state index in [4.69, 9.17) is 10.2 Å². The van der Waals surface area contributed by atoms with E-state index in [1.165, 1.54) is 11.1 Å². The van der Waals surface area contributed by atoms with Crippen LogP contribution in [0.2, 0.25) is 0 Å². The lowest BCUT2D eigenvalue weighted by Crippen LogP contribution is -2.53. The van der Waals surface area contributed by atoms with Gasteiger partial charge in [-0.15, -0.1) is 12.4 Å². The monoisotopic (exact) mass is 364 g/mol. The standard InChI is InChI=1S/C20H28N2O2.ClH/c1-12(2)16-9-17-14(10-24-18(17)7-13(16)3)8-19(23)22-20(4,11-21)15-5-6-15;/h7,9-10,12,15H,5-6,8,11,21H2,1-4H3,(H,22,23);1H. The van der Waals surface area contributed by atoms with Crippen molar-refractivity contribution < 1.29 is 9.21 Å². The summed E-state index contributed by atoms with van der Waals surface area (Å²) >= 11 is 0. The van der Waals surface area contributed by atoms with Gasteiger partial charge in [-0.2, -0.15) is 0 Å². The SMILES string of the molecule is Cc1cc2occ(CC(=O)NC(C)(CN)C3CC3)c2cc1C(C)C.Cl. The summed E-state index contributed by atoms with van der Waals surface area (Å²) in [5.41, 5.74) is 9.94. The first-order chi connectivity index (χ1) is 11.3. The number of rotatable bonds is 6. The predicted octanol–water partition coefficient (Wildman–Crippen LogP) is 4.07. The fraction of sp³-hybridized carbons (Fsp3) is 0.550. The predicted molar refractivity (Wildman–Crippen MR) is 104 cm³/mol. The van der Waals surface area contributed by atoms with Crippen molar-refractivity contribution in [2.45, 2.75) is 58.4 Å². The van der Waals surface area contributed by atoms with Gasteiger partial charge in [0.25, 0.3) is 0 Å². The van der Waals surface area contributed by atoms with Crippen molar-refractivity contribution in [2.24, 2.45) is 11.7 Å². The minimum Gasteiger partial charge on any atom is -0.464 e. The quantitative estimate of drug-likeness (QED) is 0.811. The molecule has 1 unspecified atom stereocenters. The molecule has 1 aromatic carbocycles. The molecule has 0 saturated heterocycles. The van der Waals surface area contributed by atoms with Gasteiger partial charge in [-0.1, -0.05) is 13.8 Å². The van der Waals surface area contributed by atoms with Crippen LogP contribution in [0.4, 0.5) is 0 Å². The molecule has 3 N–H and O–H groups in total. The molecular formula is C20H29ClN2O2. The van der Waals surface area contributed by atoms with E-state index >= 15 is 0 Å². The summed E-state index contributed by atoms with van der Waals surface area (Å²) in [6, 6.07) is 4.24. The number of hydrogen-bond acceptors (Lipinski definition) is 3. The zero-order valence-electron chi connectivity index (χ0n) is 15.5. The summed E-state index contributed by atoms with van der Waals surface area (Å²) in [6.07, 6.45) is 4.35. The minimum atomic E-state index is -0.281. The fourth-order valence-electron chi connectivity index (χ4n) is 3.58. The third kappa shape index (κ3) is 4.01. The molecule has 25 heavy (non-hydrogen) atoms. The van der Waals surface area contributed by atoms with Gasteiger partial charge in [0.05, 0.1) is 18.2 Å². The highest BCUT2D eigenvalue weighted by Gasteiger charge is 2.41. The summed E-state index contributed by atoms with van der Waals surface area (Å²) in [5, 5.41) is 4.19. The second kappa shape index (κ2) is 7.38. The van der Waals surface area contributed by atoms with Crippen LogP contribution in [0.1, 0.15) is 56.2 Å². The molecule has 5 heteroatoms. The number of furan rings is 1. The highest BCUT2D eigenvalue weighted by molar-refractivity contribution is 5.89. The molecule has 1 aromatic heterocycles. The van der Waals surface area contributed by atoms with Crippen LogP contribution in [0, 0.1) is 12.8 Å². The Morgan fingerprint density at radius 3 is 2.64 bits per heavy atom. The summed E-state index contributed by atoms with van der Waals surface area (Å²) in [6.45, 7) is 9.00. The third-order valence-corrected chi connectivity index (χ3v) is 5.34.